The second kappa shape index (κ2) is 4.05. The van der Waals surface area contributed by atoms with Crippen molar-refractivity contribution in [2.75, 3.05) is 19.6 Å². The highest BCUT2D eigenvalue weighted by molar-refractivity contribution is 7.90. The average Bonchev–Trinajstić information content (AvgIpc) is 2.90. The molecule has 1 atom stereocenters. The molecule has 0 radical (unpaired) electrons. The maximum absolute atomic E-state index is 12.0. The molecule has 1 aromatic rings. The van der Waals surface area contributed by atoms with Crippen molar-refractivity contribution < 1.29 is 8.42 Å². The first-order chi connectivity index (χ1) is 8.95. The zero-order chi connectivity index (χ0) is 13.7. The van der Waals surface area contributed by atoms with Crippen LogP contribution < -0.4 is 5.73 Å². The van der Waals surface area contributed by atoms with Crippen LogP contribution in [0.3, 0.4) is 0 Å². The maximum Gasteiger partial charge on any atom is 0.285 e. The van der Waals surface area contributed by atoms with E-state index in [2.05, 4.69) is 11.3 Å². The fraction of sp³-hybridized carbons (Fsp3) is 0.462. The van der Waals surface area contributed by atoms with Gasteiger partial charge in [0.2, 0.25) is 0 Å². The van der Waals surface area contributed by atoms with Crippen LogP contribution >= 0.6 is 0 Å². The van der Waals surface area contributed by atoms with Gasteiger partial charge in [-0.15, -0.1) is 4.40 Å². The predicted molar refractivity (Wildman–Crippen MR) is 73.5 cm³/mol. The molecule has 0 aliphatic carbocycles. The minimum atomic E-state index is -3.52. The van der Waals surface area contributed by atoms with Gasteiger partial charge >= 0.3 is 0 Å². The van der Waals surface area contributed by atoms with Gasteiger partial charge in [0.25, 0.3) is 10.0 Å². The summed E-state index contributed by atoms with van der Waals surface area (Å²) in [7, 11) is -3.52. The highest BCUT2D eigenvalue weighted by Gasteiger charge is 2.38. The molecule has 1 unspecified atom stereocenters. The number of benzene rings is 1. The van der Waals surface area contributed by atoms with Gasteiger partial charge in [0.1, 0.15) is 4.90 Å². The summed E-state index contributed by atoms with van der Waals surface area (Å²) in [4.78, 5) is 2.35. The molecule has 19 heavy (non-hydrogen) atoms. The summed E-state index contributed by atoms with van der Waals surface area (Å²) in [6.07, 6.45) is 0.963. The van der Waals surface area contributed by atoms with Crippen LogP contribution in [0.1, 0.15) is 18.9 Å². The summed E-state index contributed by atoms with van der Waals surface area (Å²) in [6, 6.07) is 6.99. The molecule has 2 aliphatic rings. The van der Waals surface area contributed by atoms with Crippen molar-refractivity contribution >= 4 is 15.9 Å². The molecule has 3 rings (SSSR count). The summed E-state index contributed by atoms with van der Waals surface area (Å²) in [5.41, 5.74) is 6.55. The molecule has 0 saturated carbocycles. The van der Waals surface area contributed by atoms with Crippen LogP contribution in [0.5, 0.6) is 0 Å². The van der Waals surface area contributed by atoms with Crippen LogP contribution in [0.15, 0.2) is 33.6 Å². The van der Waals surface area contributed by atoms with Crippen LogP contribution in [-0.2, 0) is 10.0 Å². The molecular formula is C13H17N3O2S. The number of fused-ring (bicyclic) bond motifs is 1. The Bertz CT molecular complexity index is 654. The van der Waals surface area contributed by atoms with Gasteiger partial charge in [-0.2, -0.15) is 8.42 Å². The number of amidine groups is 1. The summed E-state index contributed by atoms with van der Waals surface area (Å²) in [5, 5.41) is 0. The van der Waals surface area contributed by atoms with E-state index >= 15 is 0 Å². The molecule has 0 spiro atoms. The molecule has 6 heteroatoms. The van der Waals surface area contributed by atoms with E-state index < -0.39 is 10.0 Å². The van der Waals surface area contributed by atoms with Crippen LogP contribution in [0.4, 0.5) is 0 Å². The molecule has 2 heterocycles. The Hall–Kier alpha value is -1.40. The normalized spacial score (nSPS) is 28.3. The van der Waals surface area contributed by atoms with E-state index in [-0.39, 0.29) is 5.41 Å². The lowest BCUT2D eigenvalue weighted by molar-refractivity contribution is 0.349. The molecule has 5 nitrogen and oxygen atoms in total. The fourth-order valence-electron chi connectivity index (χ4n) is 2.69. The molecule has 1 saturated heterocycles. The lowest BCUT2D eigenvalue weighted by Crippen LogP contribution is -2.34. The van der Waals surface area contributed by atoms with E-state index in [4.69, 9.17) is 5.73 Å². The van der Waals surface area contributed by atoms with Crippen LogP contribution in [0.2, 0.25) is 0 Å². The van der Waals surface area contributed by atoms with E-state index in [9.17, 15) is 8.42 Å². The second-order valence-electron chi connectivity index (χ2n) is 5.57. The van der Waals surface area contributed by atoms with Crippen molar-refractivity contribution in [3.63, 3.8) is 0 Å². The average molecular weight is 279 g/mol. The minimum absolute atomic E-state index is 0.0455. The van der Waals surface area contributed by atoms with Crippen molar-refractivity contribution in [2.24, 2.45) is 15.5 Å². The van der Waals surface area contributed by atoms with Gasteiger partial charge in [-0.25, -0.2) is 0 Å². The van der Waals surface area contributed by atoms with E-state index in [1.807, 2.05) is 17.0 Å². The van der Waals surface area contributed by atoms with Crippen LogP contribution in [-0.4, -0.2) is 38.8 Å². The lowest BCUT2D eigenvalue weighted by atomic mass is 9.90. The Kier molecular flexibility index (Phi) is 2.69. The van der Waals surface area contributed by atoms with Gasteiger partial charge in [0.05, 0.1) is 0 Å². The number of rotatable bonds is 1. The SMILES string of the molecule is CC1(CN)CCN(C2=NS(=O)(=O)c3ccccc32)C1. The number of hydrogen-bond donors (Lipinski definition) is 1. The zero-order valence-electron chi connectivity index (χ0n) is 10.8. The van der Waals surface area contributed by atoms with E-state index in [0.717, 1.165) is 19.5 Å². The second-order valence-corrected chi connectivity index (χ2v) is 7.14. The van der Waals surface area contributed by atoms with Gasteiger partial charge in [0, 0.05) is 18.7 Å². The third-order valence-electron chi connectivity index (χ3n) is 3.96. The van der Waals surface area contributed by atoms with Crippen molar-refractivity contribution in [1.82, 2.24) is 4.90 Å². The third kappa shape index (κ3) is 1.95. The van der Waals surface area contributed by atoms with Gasteiger partial charge in [-0.3, -0.25) is 0 Å². The van der Waals surface area contributed by atoms with Crippen molar-refractivity contribution in [2.45, 2.75) is 18.2 Å². The number of likely N-dealkylation sites (tertiary alicyclic amines) is 1. The van der Waals surface area contributed by atoms with Crippen molar-refractivity contribution in [3.05, 3.63) is 29.8 Å². The van der Waals surface area contributed by atoms with Gasteiger partial charge in [0.15, 0.2) is 5.84 Å². The van der Waals surface area contributed by atoms with Crippen molar-refractivity contribution in [1.29, 1.82) is 0 Å². The first kappa shape index (κ1) is 12.6. The minimum Gasteiger partial charge on any atom is -0.355 e. The molecule has 102 valence electrons. The molecule has 1 aromatic carbocycles. The highest BCUT2D eigenvalue weighted by Crippen LogP contribution is 2.34. The number of hydrogen-bond acceptors (Lipinski definition) is 4. The fourth-order valence-corrected chi connectivity index (χ4v) is 3.92. The Labute approximate surface area is 113 Å². The maximum atomic E-state index is 12.0. The number of sulfonamides is 1. The summed E-state index contributed by atoms with van der Waals surface area (Å²) < 4.78 is 28.0. The summed E-state index contributed by atoms with van der Waals surface area (Å²) >= 11 is 0. The lowest BCUT2D eigenvalue weighted by Gasteiger charge is -2.23. The Morgan fingerprint density at radius 1 is 1.42 bits per heavy atom. The van der Waals surface area contributed by atoms with Crippen LogP contribution in [0.25, 0.3) is 0 Å². The molecule has 0 amide bonds. The largest absolute Gasteiger partial charge is 0.355 e. The molecule has 2 N–H and O–H groups in total. The van der Waals surface area contributed by atoms with Crippen LogP contribution in [0, 0.1) is 5.41 Å². The summed E-state index contributed by atoms with van der Waals surface area (Å²) in [6.45, 7) is 4.29. The first-order valence-electron chi connectivity index (χ1n) is 6.35. The zero-order valence-corrected chi connectivity index (χ0v) is 11.7. The number of nitrogens with two attached hydrogens (primary N) is 1. The summed E-state index contributed by atoms with van der Waals surface area (Å²) in [5.74, 6) is 0.577. The standard InChI is InChI=1S/C13H17N3O2S/c1-13(8-14)6-7-16(9-13)12-10-4-2-3-5-11(10)19(17,18)15-12/h2-5H,6-9,14H2,1H3. The predicted octanol–water partition coefficient (Wildman–Crippen LogP) is 0.806. The van der Waals surface area contributed by atoms with E-state index in [1.54, 1.807) is 12.1 Å². The van der Waals surface area contributed by atoms with Gasteiger partial charge in [-0.05, 0) is 30.5 Å². The molecule has 0 aromatic heterocycles. The molecule has 0 bridgehead atoms. The van der Waals surface area contributed by atoms with Gasteiger partial charge < -0.3 is 10.6 Å². The Balaban J connectivity index is 2.00. The molecule has 1 fully saturated rings. The quantitative estimate of drug-likeness (QED) is 0.825. The van der Waals surface area contributed by atoms with E-state index in [1.165, 1.54) is 0 Å². The third-order valence-corrected chi connectivity index (χ3v) is 5.29. The molecule has 2 aliphatic heterocycles. The highest BCUT2D eigenvalue weighted by atomic mass is 32.2. The first-order valence-corrected chi connectivity index (χ1v) is 7.79. The Morgan fingerprint density at radius 3 is 2.84 bits per heavy atom. The smallest absolute Gasteiger partial charge is 0.285 e. The Morgan fingerprint density at radius 2 is 2.16 bits per heavy atom. The van der Waals surface area contributed by atoms with Crippen molar-refractivity contribution in [3.8, 4) is 0 Å². The monoisotopic (exact) mass is 279 g/mol. The van der Waals surface area contributed by atoms with E-state index in [0.29, 0.717) is 22.8 Å². The number of nitrogens with zero attached hydrogens (tertiary/aromatic N) is 2. The topological polar surface area (TPSA) is 75.8 Å². The molecular weight excluding hydrogens is 262 g/mol. The van der Waals surface area contributed by atoms with Gasteiger partial charge in [-0.1, -0.05) is 19.1 Å².